The van der Waals surface area contributed by atoms with Crippen molar-refractivity contribution in [2.45, 2.75) is 44.6 Å². The maximum atomic E-state index is 12.9. The van der Waals surface area contributed by atoms with Crippen molar-refractivity contribution < 1.29 is 8.42 Å². The van der Waals surface area contributed by atoms with Gasteiger partial charge < -0.3 is 0 Å². The van der Waals surface area contributed by atoms with Crippen molar-refractivity contribution in [2.75, 3.05) is 12.4 Å². The number of hydrogen-bond donors (Lipinski definition) is 0. The number of nitrogens with zero attached hydrogens (tertiary/aromatic N) is 1. The summed E-state index contributed by atoms with van der Waals surface area (Å²) in [6.45, 7) is 6.87. The van der Waals surface area contributed by atoms with Crippen LogP contribution in [0.3, 0.4) is 0 Å². The van der Waals surface area contributed by atoms with Gasteiger partial charge in [-0.15, -0.1) is 11.6 Å². The average molecular weight is 330 g/mol. The Morgan fingerprint density at radius 1 is 1.19 bits per heavy atom. The molecule has 0 radical (unpaired) electrons. The van der Waals surface area contributed by atoms with Crippen molar-refractivity contribution in [3.8, 4) is 0 Å². The van der Waals surface area contributed by atoms with E-state index in [1.165, 1.54) is 0 Å². The molecule has 1 aliphatic rings. The summed E-state index contributed by atoms with van der Waals surface area (Å²) in [6.07, 6.45) is 1.85. The van der Waals surface area contributed by atoms with E-state index in [0.717, 1.165) is 18.4 Å². The topological polar surface area (TPSA) is 37.4 Å². The maximum absolute atomic E-state index is 12.9. The van der Waals surface area contributed by atoms with Crippen molar-refractivity contribution in [1.82, 2.24) is 4.31 Å². The van der Waals surface area contributed by atoms with E-state index in [9.17, 15) is 8.42 Å². The van der Waals surface area contributed by atoms with Gasteiger partial charge in [-0.2, -0.15) is 4.31 Å². The van der Waals surface area contributed by atoms with Crippen LogP contribution >= 0.6 is 11.6 Å². The van der Waals surface area contributed by atoms with E-state index in [4.69, 9.17) is 11.6 Å². The van der Waals surface area contributed by atoms with Crippen molar-refractivity contribution >= 4 is 21.6 Å². The van der Waals surface area contributed by atoms with Crippen LogP contribution in [-0.4, -0.2) is 31.2 Å². The summed E-state index contributed by atoms with van der Waals surface area (Å²) in [4.78, 5) is 0.383. The summed E-state index contributed by atoms with van der Waals surface area (Å²) < 4.78 is 27.4. The Kier molecular flexibility index (Phi) is 5.33. The molecule has 0 spiro atoms. The van der Waals surface area contributed by atoms with Gasteiger partial charge in [0.05, 0.1) is 4.90 Å². The number of aryl methyl sites for hydroxylation is 1. The predicted octanol–water partition coefficient (Wildman–Crippen LogP) is 3.52. The molecule has 1 heterocycles. The second-order valence-electron chi connectivity index (χ2n) is 6.22. The highest BCUT2D eigenvalue weighted by molar-refractivity contribution is 7.89. The lowest BCUT2D eigenvalue weighted by Crippen LogP contribution is -2.48. The molecule has 3 unspecified atom stereocenters. The summed E-state index contributed by atoms with van der Waals surface area (Å²) in [5.41, 5.74) is 1.07. The highest BCUT2D eigenvalue weighted by Gasteiger charge is 2.37. The van der Waals surface area contributed by atoms with Gasteiger partial charge in [-0.25, -0.2) is 8.42 Å². The van der Waals surface area contributed by atoms with Crippen LogP contribution in [-0.2, 0) is 16.4 Å². The van der Waals surface area contributed by atoms with Crippen LogP contribution in [0.5, 0.6) is 0 Å². The van der Waals surface area contributed by atoms with Gasteiger partial charge in [-0.1, -0.05) is 26.0 Å². The van der Waals surface area contributed by atoms with Crippen LogP contribution in [0.1, 0.15) is 32.8 Å². The molecular weight excluding hydrogens is 306 g/mol. The fourth-order valence-corrected chi connectivity index (χ4v) is 5.12. The van der Waals surface area contributed by atoms with E-state index >= 15 is 0 Å². The van der Waals surface area contributed by atoms with Crippen molar-refractivity contribution in [3.05, 3.63) is 29.8 Å². The van der Waals surface area contributed by atoms with Crippen molar-refractivity contribution in [1.29, 1.82) is 0 Å². The zero-order valence-corrected chi connectivity index (χ0v) is 14.5. The SMILES string of the molecule is CC1CC(C)C(C)N(S(=O)(=O)c2ccc(CCCl)cc2)C1. The Balaban J connectivity index is 2.28. The molecule has 2 rings (SSSR count). The number of rotatable bonds is 4. The highest BCUT2D eigenvalue weighted by Crippen LogP contribution is 2.31. The molecule has 0 aliphatic carbocycles. The van der Waals surface area contributed by atoms with Gasteiger partial charge in [0.2, 0.25) is 10.0 Å². The largest absolute Gasteiger partial charge is 0.243 e. The van der Waals surface area contributed by atoms with Crippen LogP contribution < -0.4 is 0 Å². The molecule has 1 aromatic carbocycles. The molecule has 118 valence electrons. The Labute approximate surface area is 133 Å². The lowest BCUT2D eigenvalue weighted by molar-refractivity contribution is 0.157. The lowest BCUT2D eigenvalue weighted by atomic mass is 9.88. The second kappa shape index (κ2) is 6.67. The van der Waals surface area contributed by atoms with E-state index in [1.807, 2.05) is 19.1 Å². The van der Waals surface area contributed by atoms with Gasteiger partial charge in [-0.3, -0.25) is 0 Å². The minimum Gasteiger partial charge on any atom is -0.207 e. The molecule has 21 heavy (non-hydrogen) atoms. The molecule has 1 aliphatic heterocycles. The minimum atomic E-state index is -3.41. The predicted molar refractivity (Wildman–Crippen MR) is 87.2 cm³/mol. The molecule has 5 heteroatoms. The standard InChI is InChI=1S/C16H24ClNO2S/c1-12-10-13(2)14(3)18(11-12)21(19,20)16-6-4-15(5-7-16)8-9-17/h4-7,12-14H,8-11H2,1-3H3. The summed E-state index contributed by atoms with van der Waals surface area (Å²) in [7, 11) is -3.41. The molecule has 3 nitrogen and oxygen atoms in total. The lowest BCUT2D eigenvalue weighted by Gasteiger charge is -2.40. The van der Waals surface area contributed by atoms with Crippen LogP contribution in [0.4, 0.5) is 0 Å². The zero-order chi connectivity index (χ0) is 15.6. The second-order valence-corrected chi connectivity index (χ2v) is 8.48. The first kappa shape index (κ1) is 16.8. The van der Waals surface area contributed by atoms with Crippen LogP contribution in [0.15, 0.2) is 29.2 Å². The molecule has 0 N–H and O–H groups in total. The third-order valence-corrected chi connectivity index (χ3v) is 6.61. The number of halogens is 1. The van der Waals surface area contributed by atoms with E-state index in [1.54, 1.807) is 16.4 Å². The van der Waals surface area contributed by atoms with Gasteiger partial charge >= 0.3 is 0 Å². The third-order valence-electron chi connectivity index (χ3n) is 4.46. The maximum Gasteiger partial charge on any atom is 0.243 e. The normalized spacial score (nSPS) is 27.7. The van der Waals surface area contributed by atoms with Crippen molar-refractivity contribution in [3.63, 3.8) is 0 Å². The van der Waals surface area contributed by atoms with Crippen LogP contribution in [0, 0.1) is 11.8 Å². The molecule has 0 saturated carbocycles. The first-order valence-electron chi connectivity index (χ1n) is 7.53. The molecule has 0 aromatic heterocycles. The van der Waals surface area contributed by atoms with Gasteiger partial charge in [-0.05, 0) is 49.3 Å². The van der Waals surface area contributed by atoms with Gasteiger partial charge in [0, 0.05) is 18.5 Å². The smallest absolute Gasteiger partial charge is 0.207 e. The molecule has 1 aromatic rings. The first-order chi connectivity index (χ1) is 9.86. The molecule has 1 fully saturated rings. The van der Waals surface area contributed by atoms with Crippen LogP contribution in [0.2, 0.25) is 0 Å². The Morgan fingerprint density at radius 3 is 2.38 bits per heavy atom. The highest BCUT2D eigenvalue weighted by atomic mass is 35.5. The van der Waals surface area contributed by atoms with Gasteiger partial charge in [0.1, 0.15) is 0 Å². The summed E-state index contributed by atoms with van der Waals surface area (Å²) in [5.74, 6) is 1.34. The number of hydrogen-bond acceptors (Lipinski definition) is 2. The average Bonchev–Trinajstić information content (AvgIpc) is 2.43. The number of piperidine rings is 1. The number of benzene rings is 1. The van der Waals surface area contributed by atoms with E-state index < -0.39 is 10.0 Å². The zero-order valence-electron chi connectivity index (χ0n) is 12.9. The van der Waals surface area contributed by atoms with Crippen LogP contribution in [0.25, 0.3) is 0 Å². The number of sulfonamides is 1. The quantitative estimate of drug-likeness (QED) is 0.792. The Morgan fingerprint density at radius 2 is 1.81 bits per heavy atom. The molecular formula is C16H24ClNO2S. The summed E-state index contributed by atoms with van der Waals surface area (Å²) >= 11 is 5.71. The summed E-state index contributed by atoms with van der Waals surface area (Å²) in [5, 5.41) is 0. The van der Waals surface area contributed by atoms with E-state index in [-0.39, 0.29) is 6.04 Å². The van der Waals surface area contributed by atoms with Gasteiger partial charge in [0.25, 0.3) is 0 Å². The molecule has 0 amide bonds. The minimum absolute atomic E-state index is 0.0497. The molecule has 3 atom stereocenters. The Bertz CT molecular complexity index is 570. The molecule has 1 saturated heterocycles. The van der Waals surface area contributed by atoms with E-state index in [0.29, 0.717) is 29.2 Å². The Hall–Kier alpha value is -0.580. The first-order valence-corrected chi connectivity index (χ1v) is 9.50. The molecule has 0 bridgehead atoms. The fourth-order valence-electron chi connectivity index (χ4n) is 3.05. The third kappa shape index (κ3) is 3.61. The summed E-state index contributed by atoms with van der Waals surface area (Å²) in [6, 6.07) is 7.17. The fraction of sp³-hybridized carbons (Fsp3) is 0.625. The van der Waals surface area contributed by atoms with Gasteiger partial charge in [0.15, 0.2) is 0 Å². The van der Waals surface area contributed by atoms with E-state index in [2.05, 4.69) is 13.8 Å². The number of alkyl halides is 1. The van der Waals surface area contributed by atoms with Crippen molar-refractivity contribution in [2.24, 2.45) is 11.8 Å². The monoisotopic (exact) mass is 329 g/mol.